The molecule has 2 aromatic carbocycles. The van der Waals surface area contributed by atoms with E-state index in [4.69, 9.17) is 4.74 Å². The van der Waals surface area contributed by atoms with Gasteiger partial charge in [-0.15, -0.1) is 0 Å². The number of ether oxygens (including phenoxy) is 1. The molecule has 3 aromatic rings. The molecular formula is C25H31N3O3. The second-order valence-electron chi connectivity index (χ2n) is 7.41. The van der Waals surface area contributed by atoms with Crippen LogP contribution in [0, 0.1) is 6.92 Å². The number of hydrogen-bond donors (Lipinski definition) is 1. The van der Waals surface area contributed by atoms with Gasteiger partial charge in [-0.25, -0.2) is 0 Å². The van der Waals surface area contributed by atoms with Crippen LogP contribution in [0.4, 0.5) is 0 Å². The second kappa shape index (κ2) is 10.2. The molecule has 0 aliphatic carbocycles. The first-order valence-corrected chi connectivity index (χ1v) is 10.9. The minimum absolute atomic E-state index is 0.0177. The first-order valence-electron chi connectivity index (χ1n) is 10.9. The Morgan fingerprint density at radius 2 is 1.74 bits per heavy atom. The zero-order valence-electron chi connectivity index (χ0n) is 18.8. The Kier molecular flexibility index (Phi) is 7.34. The van der Waals surface area contributed by atoms with Crippen LogP contribution in [0.2, 0.25) is 0 Å². The van der Waals surface area contributed by atoms with Gasteiger partial charge in [0.1, 0.15) is 5.75 Å². The normalized spacial score (nSPS) is 10.8. The van der Waals surface area contributed by atoms with E-state index in [1.807, 2.05) is 69.3 Å². The van der Waals surface area contributed by atoms with Crippen molar-refractivity contribution in [3.63, 3.8) is 0 Å². The lowest BCUT2D eigenvalue weighted by Gasteiger charge is -2.18. The van der Waals surface area contributed by atoms with Crippen molar-refractivity contribution in [3.05, 3.63) is 65.4 Å². The van der Waals surface area contributed by atoms with Gasteiger partial charge in [-0.2, -0.15) is 0 Å². The third-order valence-corrected chi connectivity index (χ3v) is 5.61. The van der Waals surface area contributed by atoms with E-state index < -0.39 is 0 Å². The number of carbonyl (C=O) groups is 2. The number of amides is 2. The summed E-state index contributed by atoms with van der Waals surface area (Å²) in [5, 5.41) is 3.86. The van der Waals surface area contributed by atoms with Gasteiger partial charge in [0.2, 0.25) is 0 Å². The molecule has 0 saturated heterocycles. The smallest absolute Gasteiger partial charge is 0.260 e. The Morgan fingerprint density at radius 3 is 2.39 bits per heavy atom. The fourth-order valence-corrected chi connectivity index (χ4v) is 3.92. The van der Waals surface area contributed by atoms with Gasteiger partial charge < -0.3 is 19.5 Å². The maximum Gasteiger partial charge on any atom is 0.260 e. The molecule has 2 amide bonds. The summed E-state index contributed by atoms with van der Waals surface area (Å²) in [5.41, 5.74) is 3.59. The maximum absolute atomic E-state index is 13.1. The molecular weight excluding hydrogens is 390 g/mol. The average Bonchev–Trinajstić information content (AvgIpc) is 3.07. The van der Waals surface area contributed by atoms with Crippen LogP contribution in [0.15, 0.2) is 48.5 Å². The molecule has 6 nitrogen and oxygen atoms in total. The van der Waals surface area contributed by atoms with E-state index in [1.54, 1.807) is 4.90 Å². The lowest BCUT2D eigenvalue weighted by molar-refractivity contribution is -0.132. The standard InChI is InChI=1S/C25H31N3O3/c1-5-27(6-2)23(29)17-31-20-13-14-22-21(15-20)24(18(4)28(22)7-3)25(30)26-16-19-11-9-8-10-12-19/h8-15H,5-7,16-17H2,1-4H3,(H,26,30). The zero-order valence-corrected chi connectivity index (χ0v) is 18.8. The van der Waals surface area contributed by atoms with E-state index in [-0.39, 0.29) is 18.4 Å². The molecule has 0 unspecified atom stereocenters. The maximum atomic E-state index is 13.1. The first-order chi connectivity index (χ1) is 15.0. The van der Waals surface area contributed by atoms with E-state index >= 15 is 0 Å². The van der Waals surface area contributed by atoms with Gasteiger partial charge in [0.05, 0.1) is 5.56 Å². The quantitative estimate of drug-likeness (QED) is 0.565. The molecule has 0 aliphatic heterocycles. The van der Waals surface area contributed by atoms with Crippen LogP contribution in [0.1, 0.15) is 42.4 Å². The summed E-state index contributed by atoms with van der Waals surface area (Å²) in [7, 11) is 0. The van der Waals surface area contributed by atoms with Crippen molar-refractivity contribution in [3.8, 4) is 5.75 Å². The molecule has 0 spiro atoms. The van der Waals surface area contributed by atoms with E-state index in [0.717, 1.165) is 28.7 Å². The molecule has 0 fully saturated rings. The van der Waals surface area contributed by atoms with Gasteiger partial charge in [0.25, 0.3) is 11.8 Å². The van der Waals surface area contributed by atoms with Gasteiger partial charge in [-0.05, 0) is 51.5 Å². The van der Waals surface area contributed by atoms with E-state index in [9.17, 15) is 9.59 Å². The number of nitrogens with zero attached hydrogens (tertiary/aromatic N) is 2. The summed E-state index contributed by atoms with van der Waals surface area (Å²) in [6.45, 7) is 10.4. The molecule has 0 aliphatic rings. The van der Waals surface area contributed by atoms with Crippen molar-refractivity contribution in [1.29, 1.82) is 0 Å². The first kappa shape index (κ1) is 22.4. The van der Waals surface area contributed by atoms with Crippen LogP contribution in [0.25, 0.3) is 10.9 Å². The summed E-state index contributed by atoms with van der Waals surface area (Å²) in [6.07, 6.45) is 0. The SMILES string of the molecule is CCN(CC)C(=O)COc1ccc2c(c1)c(C(=O)NCc1ccccc1)c(C)n2CC. The fourth-order valence-electron chi connectivity index (χ4n) is 3.92. The molecule has 31 heavy (non-hydrogen) atoms. The Hall–Kier alpha value is -3.28. The molecule has 6 heteroatoms. The van der Waals surface area contributed by atoms with Crippen molar-refractivity contribution in [2.24, 2.45) is 0 Å². The predicted molar refractivity (Wildman–Crippen MR) is 123 cm³/mol. The number of likely N-dealkylation sites (N-methyl/N-ethyl adjacent to an activating group) is 1. The average molecular weight is 422 g/mol. The molecule has 164 valence electrons. The highest BCUT2D eigenvalue weighted by Gasteiger charge is 2.20. The van der Waals surface area contributed by atoms with Crippen molar-refractivity contribution in [1.82, 2.24) is 14.8 Å². The predicted octanol–water partition coefficient (Wildman–Crippen LogP) is 4.15. The van der Waals surface area contributed by atoms with Gasteiger partial charge in [0, 0.05) is 42.8 Å². The largest absolute Gasteiger partial charge is 0.484 e. The van der Waals surface area contributed by atoms with E-state index in [0.29, 0.717) is 30.9 Å². The molecule has 0 atom stereocenters. The van der Waals surface area contributed by atoms with Gasteiger partial charge in [-0.1, -0.05) is 30.3 Å². The van der Waals surface area contributed by atoms with Crippen LogP contribution in [0.5, 0.6) is 5.75 Å². The van der Waals surface area contributed by atoms with Crippen LogP contribution >= 0.6 is 0 Å². The number of carbonyl (C=O) groups excluding carboxylic acids is 2. The number of fused-ring (bicyclic) bond motifs is 1. The minimum atomic E-state index is -0.116. The van der Waals surface area contributed by atoms with Crippen LogP contribution in [-0.2, 0) is 17.9 Å². The summed E-state index contributed by atoms with van der Waals surface area (Å²) in [4.78, 5) is 27.1. The van der Waals surface area contributed by atoms with Crippen molar-refractivity contribution < 1.29 is 14.3 Å². The van der Waals surface area contributed by atoms with Crippen LogP contribution in [-0.4, -0.2) is 41.0 Å². The van der Waals surface area contributed by atoms with Gasteiger partial charge >= 0.3 is 0 Å². The van der Waals surface area contributed by atoms with Crippen LogP contribution < -0.4 is 10.1 Å². The van der Waals surface area contributed by atoms with Crippen LogP contribution in [0.3, 0.4) is 0 Å². The van der Waals surface area contributed by atoms with Gasteiger partial charge in [-0.3, -0.25) is 9.59 Å². The minimum Gasteiger partial charge on any atom is -0.484 e. The lowest BCUT2D eigenvalue weighted by Crippen LogP contribution is -2.34. The molecule has 0 bridgehead atoms. The summed E-state index contributed by atoms with van der Waals surface area (Å²) in [6, 6.07) is 15.5. The number of hydrogen-bond acceptors (Lipinski definition) is 3. The summed E-state index contributed by atoms with van der Waals surface area (Å²) in [5.74, 6) is 0.418. The molecule has 0 saturated carbocycles. The molecule has 0 radical (unpaired) electrons. The number of nitrogens with one attached hydrogen (secondary N) is 1. The topological polar surface area (TPSA) is 63.6 Å². The molecule has 1 N–H and O–H groups in total. The molecule has 1 aromatic heterocycles. The third-order valence-electron chi connectivity index (χ3n) is 5.61. The van der Waals surface area contributed by atoms with E-state index in [2.05, 4.69) is 16.8 Å². The Bertz CT molecular complexity index is 1050. The Balaban J connectivity index is 1.86. The van der Waals surface area contributed by atoms with E-state index in [1.165, 1.54) is 0 Å². The lowest BCUT2D eigenvalue weighted by atomic mass is 10.1. The third kappa shape index (κ3) is 4.90. The summed E-state index contributed by atoms with van der Waals surface area (Å²) >= 11 is 0. The number of aryl methyl sites for hydroxylation is 1. The summed E-state index contributed by atoms with van der Waals surface area (Å²) < 4.78 is 7.90. The monoisotopic (exact) mass is 421 g/mol. The highest BCUT2D eigenvalue weighted by molar-refractivity contribution is 6.08. The van der Waals surface area contributed by atoms with Crippen molar-refractivity contribution in [2.75, 3.05) is 19.7 Å². The molecule has 3 rings (SSSR count). The fraction of sp³-hybridized carbons (Fsp3) is 0.360. The Morgan fingerprint density at radius 1 is 1.03 bits per heavy atom. The van der Waals surface area contributed by atoms with Gasteiger partial charge in [0.15, 0.2) is 6.61 Å². The number of aromatic nitrogens is 1. The number of rotatable bonds is 9. The number of benzene rings is 2. The second-order valence-corrected chi connectivity index (χ2v) is 7.41. The zero-order chi connectivity index (χ0) is 22.4. The van der Waals surface area contributed by atoms with Crippen molar-refractivity contribution >= 4 is 22.7 Å². The highest BCUT2D eigenvalue weighted by atomic mass is 16.5. The highest BCUT2D eigenvalue weighted by Crippen LogP contribution is 2.29. The molecule has 1 heterocycles. The Labute approximate surface area is 183 Å². The van der Waals surface area contributed by atoms with Crippen molar-refractivity contribution in [2.45, 2.75) is 40.8 Å².